The minimum Gasteiger partial charge on any atom is -0.353 e. The van der Waals surface area contributed by atoms with Gasteiger partial charge in [-0.3, -0.25) is 5.01 Å². The first kappa shape index (κ1) is 15.0. The van der Waals surface area contributed by atoms with Gasteiger partial charge in [-0.15, -0.1) is 0 Å². The predicted octanol–water partition coefficient (Wildman–Crippen LogP) is 2.92. The molecule has 0 spiro atoms. The number of hydrogen-bond donors (Lipinski definition) is 1. The second-order valence-corrected chi connectivity index (χ2v) is 7.32. The van der Waals surface area contributed by atoms with E-state index in [0.29, 0.717) is 6.04 Å². The third-order valence-corrected chi connectivity index (χ3v) is 5.57. The molecular weight excluding hydrogens is 284 g/mol. The van der Waals surface area contributed by atoms with Gasteiger partial charge in [0.2, 0.25) is 0 Å². The van der Waals surface area contributed by atoms with E-state index in [1.807, 2.05) is 0 Å². The molecule has 2 fully saturated rings. The Kier molecular flexibility index (Phi) is 4.25. The molecule has 2 aliphatic heterocycles. The van der Waals surface area contributed by atoms with Gasteiger partial charge in [0.15, 0.2) is 5.84 Å². The van der Waals surface area contributed by atoms with Crippen LogP contribution in [0, 0.1) is 0 Å². The van der Waals surface area contributed by atoms with Crippen molar-refractivity contribution >= 4 is 5.84 Å². The monoisotopic (exact) mass is 312 g/mol. The molecule has 0 bridgehead atoms. The number of benzene rings is 1. The second-order valence-electron chi connectivity index (χ2n) is 7.32. The first-order valence-electron chi connectivity index (χ1n) is 9.25. The van der Waals surface area contributed by atoms with Crippen molar-refractivity contribution in [3.8, 4) is 0 Å². The summed E-state index contributed by atoms with van der Waals surface area (Å²) in [7, 11) is 0. The van der Waals surface area contributed by atoms with Crippen molar-refractivity contribution in [3.63, 3.8) is 0 Å². The topological polar surface area (TPSA) is 44.9 Å². The molecule has 1 unspecified atom stereocenters. The van der Waals surface area contributed by atoms with Gasteiger partial charge in [0.1, 0.15) is 0 Å². The zero-order valence-electron chi connectivity index (χ0n) is 14.0. The number of hydrogen-bond acceptors (Lipinski definition) is 4. The summed E-state index contributed by atoms with van der Waals surface area (Å²) in [4.78, 5) is 2.44. The molecule has 4 rings (SSSR count). The number of rotatable bonds is 1. The lowest BCUT2D eigenvalue weighted by atomic mass is 10.0. The lowest BCUT2D eigenvalue weighted by Crippen LogP contribution is -2.44. The molecule has 124 valence electrons. The summed E-state index contributed by atoms with van der Waals surface area (Å²) in [6.07, 6.45) is 8.87. The van der Waals surface area contributed by atoms with Gasteiger partial charge >= 0.3 is 0 Å². The van der Waals surface area contributed by atoms with E-state index in [9.17, 15) is 0 Å². The molecule has 1 aromatic rings. The molecule has 4 heteroatoms. The minimum atomic E-state index is 0.272. The standard InChI is InChI=1S/C19H28N4/c20-16-8-5-6-12-22(14-16)19-18-11-4-1-7-15(18)13-23(21-19)17-9-2-3-10-17/h1,4,7,11,16-17H,2-3,5-6,8-10,12-14,20H2. The molecule has 1 atom stereocenters. The number of hydrazone groups is 1. The van der Waals surface area contributed by atoms with Crippen molar-refractivity contribution in [2.75, 3.05) is 13.1 Å². The highest BCUT2D eigenvalue weighted by molar-refractivity contribution is 6.00. The maximum atomic E-state index is 6.30. The van der Waals surface area contributed by atoms with Crippen molar-refractivity contribution < 1.29 is 0 Å². The Morgan fingerprint density at radius 2 is 1.78 bits per heavy atom. The van der Waals surface area contributed by atoms with Crippen LogP contribution in [-0.2, 0) is 6.54 Å². The average molecular weight is 312 g/mol. The lowest BCUT2D eigenvalue weighted by Gasteiger charge is -2.36. The van der Waals surface area contributed by atoms with E-state index < -0.39 is 0 Å². The van der Waals surface area contributed by atoms with Crippen molar-refractivity contribution in [1.82, 2.24) is 9.91 Å². The molecule has 1 saturated carbocycles. The van der Waals surface area contributed by atoms with Gasteiger partial charge in [-0.25, -0.2) is 0 Å². The Morgan fingerprint density at radius 3 is 2.65 bits per heavy atom. The summed E-state index contributed by atoms with van der Waals surface area (Å²) in [5.41, 5.74) is 9.03. The van der Waals surface area contributed by atoms with Crippen LogP contribution in [0.3, 0.4) is 0 Å². The molecular formula is C19H28N4. The number of likely N-dealkylation sites (tertiary alicyclic amines) is 1. The van der Waals surface area contributed by atoms with Gasteiger partial charge in [0, 0.05) is 30.7 Å². The highest BCUT2D eigenvalue weighted by Gasteiger charge is 2.29. The molecule has 4 nitrogen and oxygen atoms in total. The molecule has 0 amide bonds. The molecule has 3 aliphatic rings. The lowest BCUT2D eigenvalue weighted by molar-refractivity contribution is 0.189. The summed E-state index contributed by atoms with van der Waals surface area (Å²) >= 11 is 0. The zero-order chi connectivity index (χ0) is 15.6. The molecule has 1 saturated heterocycles. The average Bonchev–Trinajstić information content (AvgIpc) is 3.03. The number of amidine groups is 1. The van der Waals surface area contributed by atoms with E-state index in [0.717, 1.165) is 31.9 Å². The Morgan fingerprint density at radius 1 is 1.00 bits per heavy atom. The highest BCUT2D eigenvalue weighted by Crippen LogP contribution is 2.30. The second kappa shape index (κ2) is 6.52. The van der Waals surface area contributed by atoms with E-state index in [2.05, 4.69) is 34.2 Å². The van der Waals surface area contributed by atoms with Gasteiger partial charge in [-0.2, -0.15) is 5.10 Å². The van der Waals surface area contributed by atoms with Gasteiger partial charge in [0.05, 0.1) is 6.54 Å². The van der Waals surface area contributed by atoms with Crippen LogP contribution in [-0.4, -0.2) is 40.9 Å². The quantitative estimate of drug-likeness (QED) is 0.867. The van der Waals surface area contributed by atoms with Crippen LogP contribution in [0.5, 0.6) is 0 Å². The van der Waals surface area contributed by atoms with Crippen molar-refractivity contribution in [2.24, 2.45) is 10.8 Å². The van der Waals surface area contributed by atoms with Crippen LogP contribution < -0.4 is 5.73 Å². The maximum Gasteiger partial charge on any atom is 0.156 e. The first-order chi connectivity index (χ1) is 11.3. The molecule has 23 heavy (non-hydrogen) atoms. The summed E-state index contributed by atoms with van der Waals surface area (Å²) in [5, 5.41) is 7.49. The SMILES string of the molecule is NC1CCCCN(C2=NN(C3CCCC3)Cc3ccccc32)C1. The van der Waals surface area contributed by atoms with Crippen LogP contribution in [0.25, 0.3) is 0 Å². The van der Waals surface area contributed by atoms with E-state index in [1.54, 1.807) is 0 Å². The molecule has 1 aliphatic carbocycles. The minimum absolute atomic E-state index is 0.272. The van der Waals surface area contributed by atoms with E-state index in [-0.39, 0.29) is 6.04 Å². The summed E-state index contributed by atoms with van der Waals surface area (Å²) < 4.78 is 0. The highest BCUT2D eigenvalue weighted by atomic mass is 15.5. The van der Waals surface area contributed by atoms with Gasteiger partial charge in [0.25, 0.3) is 0 Å². The van der Waals surface area contributed by atoms with Crippen LogP contribution >= 0.6 is 0 Å². The zero-order valence-corrected chi connectivity index (χ0v) is 14.0. The van der Waals surface area contributed by atoms with Crippen molar-refractivity contribution in [2.45, 2.75) is 63.6 Å². The largest absolute Gasteiger partial charge is 0.353 e. The predicted molar refractivity (Wildman–Crippen MR) is 94.2 cm³/mol. The van der Waals surface area contributed by atoms with E-state index in [1.165, 1.54) is 49.7 Å². The first-order valence-corrected chi connectivity index (χ1v) is 9.25. The Labute approximate surface area is 139 Å². The molecule has 0 aromatic heterocycles. The van der Waals surface area contributed by atoms with Crippen LogP contribution in [0.2, 0.25) is 0 Å². The summed E-state index contributed by atoms with van der Waals surface area (Å²) in [5.74, 6) is 1.16. The van der Waals surface area contributed by atoms with Crippen LogP contribution in [0.4, 0.5) is 0 Å². The van der Waals surface area contributed by atoms with Crippen LogP contribution in [0.15, 0.2) is 29.4 Å². The van der Waals surface area contributed by atoms with Gasteiger partial charge in [-0.05, 0) is 31.2 Å². The molecule has 1 aromatic carbocycles. The van der Waals surface area contributed by atoms with Crippen molar-refractivity contribution in [1.29, 1.82) is 0 Å². The number of nitrogens with two attached hydrogens (primary N) is 1. The summed E-state index contributed by atoms with van der Waals surface area (Å²) in [6, 6.07) is 9.69. The number of fused-ring (bicyclic) bond motifs is 1. The maximum absolute atomic E-state index is 6.30. The van der Waals surface area contributed by atoms with Crippen molar-refractivity contribution in [3.05, 3.63) is 35.4 Å². The fraction of sp³-hybridized carbons (Fsp3) is 0.632. The van der Waals surface area contributed by atoms with Gasteiger partial charge < -0.3 is 10.6 Å². The van der Waals surface area contributed by atoms with Gasteiger partial charge in [-0.1, -0.05) is 43.5 Å². The number of nitrogens with zero attached hydrogens (tertiary/aromatic N) is 3. The third-order valence-electron chi connectivity index (χ3n) is 5.57. The van der Waals surface area contributed by atoms with E-state index >= 15 is 0 Å². The Bertz CT molecular complexity index is 576. The fourth-order valence-electron chi connectivity index (χ4n) is 4.28. The Balaban J connectivity index is 1.67. The smallest absolute Gasteiger partial charge is 0.156 e. The third kappa shape index (κ3) is 3.09. The molecule has 2 N–H and O–H groups in total. The molecule has 0 radical (unpaired) electrons. The Hall–Kier alpha value is -1.55. The normalized spacial score (nSPS) is 26.0. The van der Waals surface area contributed by atoms with Crippen LogP contribution in [0.1, 0.15) is 56.1 Å². The molecule has 2 heterocycles. The summed E-state index contributed by atoms with van der Waals surface area (Å²) in [6.45, 7) is 2.98. The fourth-order valence-corrected chi connectivity index (χ4v) is 4.28. The van der Waals surface area contributed by atoms with E-state index in [4.69, 9.17) is 10.8 Å².